The molecule has 0 bridgehead atoms. The number of nitrogens with one attached hydrogen (secondary N) is 3. The van der Waals surface area contributed by atoms with E-state index in [1.807, 2.05) is 6.08 Å². The van der Waals surface area contributed by atoms with Crippen molar-refractivity contribution in [1.82, 2.24) is 29.8 Å². The molecule has 2 saturated carbocycles. The van der Waals surface area contributed by atoms with Crippen LogP contribution in [-0.4, -0.2) is 93.4 Å². The first-order chi connectivity index (χ1) is 32.0. The van der Waals surface area contributed by atoms with Crippen LogP contribution in [0, 0.1) is 5.92 Å². The molecule has 5 heterocycles. The van der Waals surface area contributed by atoms with Gasteiger partial charge in [0.05, 0.1) is 23.4 Å². The predicted octanol–water partition coefficient (Wildman–Crippen LogP) is 6.23. The fourth-order valence-corrected chi connectivity index (χ4v) is 11.0. The zero-order valence-corrected chi connectivity index (χ0v) is 39.5. The topological polar surface area (TPSA) is 204 Å². The minimum atomic E-state index is -4.98. The van der Waals surface area contributed by atoms with Gasteiger partial charge in [0.1, 0.15) is 34.6 Å². The summed E-state index contributed by atoms with van der Waals surface area (Å²) in [5, 5.41) is 5.90. The smallest absolute Gasteiger partial charge is 0.437 e. The van der Waals surface area contributed by atoms with Crippen LogP contribution >= 0.6 is 0 Å². The second-order valence-corrected chi connectivity index (χ2v) is 22.3. The van der Waals surface area contributed by atoms with Crippen molar-refractivity contribution in [3.8, 4) is 11.5 Å². The molecule has 5 aliphatic rings. The highest BCUT2D eigenvalue weighted by Crippen LogP contribution is 2.50. The number of hydrogen-bond donors (Lipinski definition) is 3. The van der Waals surface area contributed by atoms with Gasteiger partial charge in [0.25, 0.3) is 5.91 Å². The van der Waals surface area contributed by atoms with Crippen LogP contribution in [0.25, 0.3) is 10.9 Å². The Kier molecular flexibility index (Phi) is 13.2. The molecular weight excluding hydrogens is 910 g/mol. The van der Waals surface area contributed by atoms with Crippen molar-refractivity contribution in [2.24, 2.45) is 5.92 Å². The number of aryl methyl sites for hydroxylation is 2. The minimum Gasteiger partial charge on any atom is -0.494 e. The number of carbonyl (C=O) groups excluding carboxylic acids is 4. The highest BCUT2D eigenvalue weighted by Gasteiger charge is 2.60. The third-order valence-corrected chi connectivity index (χ3v) is 16.1. The fraction of sp³-hybridized carbons (Fsp3) is 0.583. The van der Waals surface area contributed by atoms with Crippen molar-refractivity contribution >= 4 is 44.7 Å². The number of allylic oxidation sites excluding steroid dienone is 1. The summed E-state index contributed by atoms with van der Waals surface area (Å²) in [4.78, 5) is 74.7. The molecule has 16 nitrogen and oxygen atoms in total. The molecule has 20 heteroatoms. The highest BCUT2D eigenvalue weighted by atomic mass is 32.2. The van der Waals surface area contributed by atoms with E-state index in [0.717, 1.165) is 0 Å². The largest absolute Gasteiger partial charge is 0.494 e. The molecular formula is C48H59F3N6O10S. The third-order valence-electron chi connectivity index (χ3n) is 13.9. The molecule has 1 spiro atoms. The van der Waals surface area contributed by atoms with E-state index in [0.29, 0.717) is 69.0 Å². The van der Waals surface area contributed by atoms with Gasteiger partial charge < -0.3 is 34.3 Å². The summed E-state index contributed by atoms with van der Waals surface area (Å²) >= 11 is 0. The van der Waals surface area contributed by atoms with Gasteiger partial charge in [-0.05, 0) is 116 Å². The number of rotatable bonds is 9. The Morgan fingerprint density at radius 3 is 2.49 bits per heavy atom. The van der Waals surface area contributed by atoms with E-state index >= 15 is 13.2 Å². The zero-order valence-electron chi connectivity index (χ0n) is 38.7. The number of benzene rings is 1. The lowest BCUT2D eigenvalue weighted by Gasteiger charge is -2.48. The lowest BCUT2D eigenvalue weighted by Crippen LogP contribution is -2.70. The molecule has 2 aliphatic carbocycles. The van der Waals surface area contributed by atoms with E-state index in [1.165, 1.54) is 30.0 Å². The van der Waals surface area contributed by atoms with Crippen LogP contribution in [0.5, 0.6) is 11.5 Å². The average molecular weight is 969 g/mol. The Morgan fingerprint density at radius 2 is 1.79 bits per heavy atom. The molecule has 3 N–H and O–H groups in total. The lowest BCUT2D eigenvalue weighted by atomic mass is 9.65. The number of hydrogen-bond acceptors (Lipinski definition) is 11. The van der Waals surface area contributed by atoms with Gasteiger partial charge in [-0.2, -0.15) is 13.2 Å². The van der Waals surface area contributed by atoms with Crippen LogP contribution in [0.1, 0.15) is 116 Å². The van der Waals surface area contributed by atoms with Gasteiger partial charge in [-0.3, -0.25) is 23.9 Å². The number of alkyl halides is 3. The molecule has 8 rings (SSSR count). The molecule has 0 radical (unpaired) electrons. The molecule has 1 saturated heterocycles. The van der Waals surface area contributed by atoms with Gasteiger partial charge in [-0.25, -0.2) is 18.2 Å². The molecule has 3 aromatic rings. The predicted molar refractivity (Wildman–Crippen MR) is 243 cm³/mol. The van der Waals surface area contributed by atoms with E-state index in [1.54, 1.807) is 55.8 Å². The van der Waals surface area contributed by atoms with Crippen molar-refractivity contribution in [2.75, 3.05) is 13.2 Å². The number of amides is 4. The highest BCUT2D eigenvalue weighted by molar-refractivity contribution is 7.91. The number of halogens is 3. The molecule has 5 atom stereocenters. The normalized spacial score (nSPS) is 26.6. The van der Waals surface area contributed by atoms with Crippen molar-refractivity contribution in [1.29, 1.82) is 0 Å². The second-order valence-electron chi connectivity index (χ2n) is 20.1. The number of fused-ring (bicyclic) bond motifs is 5. The van der Waals surface area contributed by atoms with Gasteiger partial charge >= 0.3 is 12.3 Å². The average Bonchev–Trinajstić information content (AvgIpc) is 3.92. The molecule has 2 aromatic heterocycles. The van der Waals surface area contributed by atoms with Gasteiger partial charge in [0.15, 0.2) is 11.4 Å². The molecule has 1 aromatic carbocycles. The van der Waals surface area contributed by atoms with Gasteiger partial charge in [0.2, 0.25) is 27.4 Å². The molecule has 0 unspecified atom stereocenters. The number of pyridine rings is 2. The maximum absolute atomic E-state index is 15.1. The summed E-state index contributed by atoms with van der Waals surface area (Å²) in [6.07, 6.45) is 3.55. The Morgan fingerprint density at radius 1 is 1.01 bits per heavy atom. The molecule has 68 heavy (non-hydrogen) atoms. The molecule has 4 amide bonds. The number of ether oxygens (including phenoxy) is 3. The van der Waals surface area contributed by atoms with E-state index in [9.17, 15) is 32.4 Å². The molecule has 3 aliphatic heterocycles. The molecule has 3 fully saturated rings. The summed E-state index contributed by atoms with van der Waals surface area (Å²) in [5.74, 6) is -3.23. The van der Waals surface area contributed by atoms with E-state index in [4.69, 9.17) is 14.2 Å². The van der Waals surface area contributed by atoms with E-state index in [-0.39, 0.29) is 61.9 Å². The summed E-state index contributed by atoms with van der Waals surface area (Å²) in [6.45, 7) is 6.75. The second kappa shape index (κ2) is 18.3. The lowest BCUT2D eigenvalue weighted by molar-refractivity contribution is -0.145. The Labute approximate surface area is 392 Å². The van der Waals surface area contributed by atoms with Gasteiger partial charge in [0, 0.05) is 42.1 Å². The van der Waals surface area contributed by atoms with Crippen LogP contribution in [0.15, 0.2) is 59.5 Å². The zero-order chi connectivity index (χ0) is 48.9. The molecule has 368 valence electrons. The number of carbonyl (C=O) groups is 4. The fourth-order valence-electron chi connectivity index (χ4n) is 9.68. The van der Waals surface area contributed by atoms with Gasteiger partial charge in [-0.1, -0.05) is 31.1 Å². The first-order valence-corrected chi connectivity index (χ1v) is 24.9. The number of alkyl carbamates (subject to hydrolysis) is 1. The summed E-state index contributed by atoms with van der Waals surface area (Å²) in [5.41, 5.74) is -5.41. The number of aromatic nitrogens is 2. The number of sulfonamides is 1. The van der Waals surface area contributed by atoms with Crippen LogP contribution in [0.4, 0.5) is 18.0 Å². The van der Waals surface area contributed by atoms with Crippen LogP contribution in [0.3, 0.4) is 0 Å². The quantitative estimate of drug-likeness (QED) is 0.162. The van der Waals surface area contributed by atoms with Crippen LogP contribution in [0.2, 0.25) is 0 Å². The standard InChI is InChI=1S/C48H59F3N6O10S/c1-44(2,3)67-43(62)53-35-14-9-7-5-6-8-13-30-18-21-47(30,42(61)55-68(63,64)45(4)22-23-45)54-40(59)36-28-46(29-57(36)41(35)60)20-19-32-33-27-31(65-26-12-25-56-24-11-10-15-37(56)58)16-17-34(33)52-39(38(32)66-46)48(49,50)51/h8,10-11,13,15-17,24,27,30,35-36H,5-7,9,12,14,18-23,25-26,28-29H2,1-4H3,(H,53,62)(H,54,59)(H,55,61)/b13-8-/t30-,35+,36+,46-,47-/m1/s1. The minimum absolute atomic E-state index is 0.0175. The Bertz CT molecular complexity index is 2680. The van der Waals surface area contributed by atoms with Gasteiger partial charge in [-0.15, -0.1) is 0 Å². The first kappa shape index (κ1) is 48.8. The maximum atomic E-state index is 15.1. The van der Waals surface area contributed by atoms with Crippen LogP contribution < -0.4 is 30.4 Å². The SMILES string of the molecule is CC(C)(C)OC(=O)N[C@H]1CCCCC/C=C\[C@@H]2CC[C@@]2(C(=O)NS(=O)(=O)C2(C)CC2)NC(=O)[C@@H]2C[C@]3(CCc4c(c(C(F)(F)F)nc5ccc(OCCCn6ccccc6=O)cc45)O3)CN2C1=O. The Hall–Kier alpha value is -5.66. The van der Waals surface area contributed by atoms with E-state index < -0.39 is 90.9 Å². The summed E-state index contributed by atoms with van der Waals surface area (Å²) in [7, 11) is -4.14. The number of nitrogens with zero attached hydrogens (tertiary/aromatic N) is 3. The maximum Gasteiger partial charge on any atom is 0.437 e. The van der Waals surface area contributed by atoms with Crippen molar-refractivity contribution in [3.05, 3.63) is 76.4 Å². The van der Waals surface area contributed by atoms with Crippen LogP contribution in [-0.2, 0) is 48.3 Å². The summed E-state index contributed by atoms with van der Waals surface area (Å²) in [6, 6.07) is 6.74. The third kappa shape index (κ3) is 10.1. The van der Waals surface area contributed by atoms with Crippen molar-refractivity contribution in [2.45, 2.75) is 157 Å². The first-order valence-electron chi connectivity index (χ1n) is 23.4. The van der Waals surface area contributed by atoms with Crippen molar-refractivity contribution < 1.29 is 55.0 Å². The monoisotopic (exact) mass is 968 g/mol. The van der Waals surface area contributed by atoms with E-state index in [2.05, 4.69) is 20.3 Å². The van der Waals surface area contributed by atoms with Crippen molar-refractivity contribution in [3.63, 3.8) is 0 Å². The summed E-state index contributed by atoms with van der Waals surface area (Å²) < 4.78 is 92.6. The Balaban J connectivity index is 1.13.